The largest absolute Gasteiger partial charge is 0.489 e. The fourth-order valence-electron chi connectivity index (χ4n) is 4.46. The molecule has 1 aliphatic carbocycles. The Balaban J connectivity index is 1.47. The lowest BCUT2D eigenvalue weighted by molar-refractivity contribution is -0.150. The number of hydrogen-bond donors (Lipinski definition) is 0. The minimum atomic E-state index is -4.33. The SMILES string of the molecule is O=C(O[C@@H](Cc1c(Cl)cncc1Cl)c1ccc(OC(F)F)c(OCC2CC2)c1)C1SCCN1S(=O)(=O)c1ccc(F)cc1Cl. The summed E-state index contributed by atoms with van der Waals surface area (Å²) in [5, 5.41) is -1.27. The highest BCUT2D eigenvalue weighted by Gasteiger charge is 2.43. The second-order valence-electron chi connectivity index (χ2n) is 9.96. The van der Waals surface area contributed by atoms with Crippen LogP contribution in [0, 0.1) is 11.7 Å². The molecule has 0 amide bonds. The number of thioether (sulfide) groups is 1. The monoisotopic (exact) mass is 710 g/mol. The molecule has 8 nitrogen and oxygen atoms in total. The summed E-state index contributed by atoms with van der Waals surface area (Å²) in [6, 6.07) is 6.98. The maximum Gasteiger partial charge on any atom is 0.387 e. The van der Waals surface area contributed by atoms with Gasteiger partial charge in [-0.1, -0.05) is 40.9 Å². The van der Waals surface area contributed by atoms with E-state index in [1.54, 1.807) is 0 Å². The van der Waals surface area contributed by atoms with E-state index >= 15 is 0 Å². The van der Waals surface area contributed by atoms with Gasteiger partial charge in [0.1, 0.15) is 16.8 Å². The van der Waals surface area contributed by atoms with E-state index in [0.29, 0.717) is 17.0 Å². The number of alkyl halides is 2. The first kappa shape index (κ1) is 33.0. The molecule has 0 bridgehead atoms. The summed E-state index contributed by atoms with van der Waals surface area (Å²) in [5.74, 6) is -1.25. The van der Waals surface area contributed by atoms with Gasteiger partial charge in [0.15, 0.2) is 16.9 Å². The molecule has 1 aliphatic heterocycles. The average Bonchev–Trinajstić information content (AvgIpc) is 3.65. The van der Waals surface area contributed by atoms with Crippen LogP contribution in [0.3, 0.4) is 0 Å². The van der Waals surface area contributed by atoms with Crippen molar-refractivity contribution < 1.29 is 40.6 Å². The first-order valence-electron chi connectivity index (χ1n) is 13.2. The summed E-state index contributed by atoms with van der Waals surface area (Å²) in [7, 11) is -4.33. The van der Waals surface area contributed by atoms with E-state index in [2.05, 4.69) is 9.72 Å². The van der Waals surface area contributed by atoms with Crippen LogP contribution < -0.4 is 9.47 Å². The van der Waals surface area contributed by atoms with Crippen LogP contribution in [-0.4, -0.2) is 54.6 Å². The van der Waals surface area contributed by atoms with Crippen molar-refractivity contribution in [2.75, 3.05) is 18.9 Å². The van der Waals surface area contributed by atoms with Gasteiger partial charge in [0.05, 0.1) is 21.7 Å². The molecule has 1 unspecified atom stereocenters. The Morgan fingerprint density at radius 3 is 2.43 bits per heavy atom. The fraction of sp³-hybridized carbons (Fsp3) is 0.357. The molecule has 44 heavy (non-hydrogen) atoms. The zero-order valence-electron chi connectivity index (χ0n) is 22.6. The van der Waals surface area contributed by atoms with Crippen molar-refractivity contribution in [1.29, 1.82) is 0 Å². The number of esters is 1. The molecular weight excluding hydrogens is 688 g/mol. The van der Waals surface area contributed by atoms with E-state index in [1.807, 2.05) is 0 Å². The number of ether oxygens (including phenoxy) is 3. The summed E-state index contributed by atoms with van der Waals surface area (Å²) in [5.41, 5.74) is 0.713. The highest BCUT2D eigenvalue weighted by Crippen LogP contribution is 2.40. The van der Waals surface area contributed by atoms with E-state index in [1.165, 1.54) is 30.6 Å². The first-order valence-corrected chi connectivity index (χ1v) is 16.8. The highest BCUT2D eigenvalue weighted by atomic mass is 35.5. The quantitative estimate of drug-likeness (QED) is 0.183. The number of rotatable bonds is 12. The second-order valence-corrected chi connectivity index (χ2v) is 14.2. The molecule has 2 fully saturated rings. The minimum absolute atomic E-state index is 0.0214. The van der Waals surface area contributed by atoms with Gasteiger partial charge in [0, 0.05) is 31.1 Å². The van der Waals surface area contributed by atoms with Gasteiger partial charge in [-0.25, -0.2) is 17.6 Å². The molecule has 5 rings (SSSR count). The number of pyridine rings is 1. The number of carbonyl (C=O) groups is 1. The Kier molecular flexibility index (Phi) is 10.4. The molecule has 1 saturated heterocycles. The van der Waals surface area contributed by atoms with E-state index in [9.17, 15) is 26.4 Å². The molecule has 3 aromatic rings. The van der Waals surface area contributed by atoms with Crippen LogP contribution in [0.4, 0.5) is 13.2 Å². The Morgan fingerprint density at radius 2 is 1.77 bits per heavy atom. The second kappa shape index (κ2) is 13.9. The van der Waals surface area contributed by atoms with E-state index in [4.69, 9.17) is 44.3 Å². The number of nitrogens with zero attached hydrogens (tertiary/aromatic N) is 2. The van der Waals surface area contributed by atoms with Crippen LogP contribution in [0.2, 0.25) is 15.1 Å². The Labute approximate surface area is 270 Å². The zero-order valence-corrected chi connectivity index (χ0v) is 26.5. The maximum atomic E-state index is 13.7. The van der Waals surface area contributed by atoms with Crippen molar-refractivity contribution in [2.45, 2.75) is 42.2 Å². The predicted octanol–water partition coefficient (Wildman–Crippen LogP) is 7.16. The van der Waals surface area contributed by atoms with Gasteiger partial charge in [-0.05, 0) is 60.2 Å². The Bertz CT molecular complexity index is 1630. The van der Waals surface area contributed by atoms with Gasteiger partial charge < -0.3 is 14.2 Å². The Morgan fingerprint density at radius 1 is 1.05 bits per heavy atom. The number of carbonyl (C=O) groups excluding carboxylic acids is 1. The van der Waals surface area contributed by atoms with Gasteiger partial charge in [0.25, 0.3) is 0 Å². The lowest BCUT2D eigenvalue weighted by Crippen LogP contribution is -2.40. The molecule has 0 radical (unpaired) electrons. The number of aromatic nitrogens is 1. The van der Waals surface area contributed by atoms with Crippen molar-refractivity contribution in [2.24, 2.45) is 5.92 Å². The number of sulfonamides is 1. The van der Waals surface area contributed by atoms with Crippen LogP contribution in [0.25, 0.3) is 0 Å². The van der Waals surface area contributed by atoms with Crippen LogP contribution in [-0.2, 0) is 26.0 Å². The number of benzene rings is 2. The van der Waals surface area contributed by atoms with Gasteiger partial charge in [-0.15, -0.1) is 11.8 Å². The van der Waals surface area contributed by atoms with E-state index < -0.39 is 39.9 Å². The molecule has 0 spiro atoms. The topological polar surface area (TPSA) is 95.0 Å². The molecule has 16 heteroatoms. The third-order valence-corrected chi connectivity index (χ3v) is 11.2. The zero-order chi connectivity index (χ0) is 31.6. The van der Waals surface area contributed by atoms with Gasteiger partial charge in [-0.2, -0.15) is 13.1 Å². The summed E-state index contributed by atoms with van der Waals surface area (Å²) in [6.07, 6.45) is 3.43. The molecule has 0 N–H and O–H groups in total. The van der Waals surface area contributed by atoms with Crippen LogP contribution in [0.5, 0.6) is 11.5 Å². The molecular formula is C28H24Cl3F3N2O6S2. The third kappa shape index (κ3) is 7.68. The summed E-state index contributed by atoms with van der Waals surface area (Å²) in [4.78, 5) is 17.2. The van der Waals surface area contributed by atoms with Crippen molar-refractivity contribution in [3.8, 4) is 11.5 Å². The number of halogens is 6. The van der Waals surface area contributed by atoms with Crippen LogP contribution in [0.15, 0.2) is 53.7 Å². The standard InChI is InChI=1S/C28H24Cl3F3N2O6S2/c29-19-10-17(32)4-6-25(19)44(38,39)36-7-8-43-26(36)27(37)41-23(11-18-20(30)12-35-13-21(18)31)16-3-5-22(42-28(33)34)24(9-16)40-14-15-1-2-15/h3-6,9-10,12-13,15,23,26,28H,1-2,7-8,11,14H2/t23-,26?/m0/s1. The van der Waals surface area contributed by atoms with Gasteiger partial charge >= 0.3 is 12.6 Å². The maximum absolute atomic E-state index is 13.7. The third-order valence-electron chi connectivity index (χ3n) is 6.86. The fourth-order valence-corrected chi connectivity index (χ4v) is 8.54. The predicted molar refractivity (Wildman–Crippen MR) is 160 cm³/mol. The molecule has 1 saturated carbocycles. The molecule has 2 atom stereocenters. The molecule has 2 aliphatic rings. The molecule has 2 heterocycles. The average molecular weight is 712 g/mol. The minimum Gasteiger partial charge on any atom is -0.489 e. The van der Waals surface area contributed by atoms with Gasteiger partial charge in [-0.3, -0.25) is 4.98 Å². The van der Waals surface area contributed by atoms with E-state index in [-0.39, 0.29) is 56.8 Å². The van der Waals surface area contributed by atoms with Crippen molar-refractivity contribution in [3.05, 3.63) is 80.8 Å². The molecule has 1 aromatic heterocycles. The summed E-state index contributed by atoms with van der Waals surface area (Å²) in [6.45, 7) is -2.85. The van der Waals surface area contributed by atoms with Gasteiger partial charge in [0.2, 0.25) is 10.0 Å². The lowest BCUT2D eigenvalue weighted by Gasteiger charge is -2.26. The Hall–Kier alpha value is -2.42. The van der Waals surface area contributed by atoms with Crippen LogP contribution in [0.1, 0.15) is 30.1 Å². The lowest BCUT2D eigenvalue weighted by atomic mass is 10.0. The first-order chi connectivity index (χ1) is 20.9. The van der Waals surface area contributed by atoms with Crippen molar-refractivity contribution in [1.82, 2.24) is 9.29 Å². The molecule has 2 aromatic carbocycles. The smallest absolute Gasteiger partial charge is 0.387 e. The summed E-state index contributed by atoms with van der Waals surface area (Å²) < 4.78 is 84.1. The van der Waals surface area contributed by atoms with Crippen molar-refractivity contribution in [3.63, 3.8) is 0 Å². The van der Waals surface area contributed by atoms with Crippen LogP contribution >= 0.6 is 46.6 Å². The summed E-state index contributed by atoms with van der Waals surface area (Å²) >= 11 is 19.8. The molecule has 236 valence electrons. The van der Waals surface area contributed by atoms with E-state index in [0.717, 1.165) is 47.1 Å². The highest BCUT2D eigenvalue weighted by molar-refractivity contribution is 8.02. The normalized spacial score (nSPS) is 17.9. The van der Waals surface area contributed by atoms with Crippen molar-refractivity contribution >= 4 is 62.6 Å². The number of hydrogen-bond acceptors (Lipinski definition) is 8.